The van der Waals surface area contributed by atoms with Crippen LogP contribution in [-0.2, 0) is 12.6 Å². The van der Waals surface area contributed by atoms with Crippen molar-refractivity contribution in [2.75, 3.05) is 18.8 Å². The van der Waals surface area contributed by atoms with Crippen molar-refractivity contribution in [3.63, 3.8) is 0 Å². The molecule has 1 heterocycles. The Hall–Kier alpha value is -1.23. The first-order valence-electron chi connectivity index (χ1n) is 5.63. The number of hydrogen-bond acceptors (Lipinski definition) is 2. The van der Waals surface area contributed by atoms with Gasteiger partial charge in [-0.3, -0.25) is 0 Å². The van der Waals surface area contributed by atoms with Gasteiger partial charge in [0.05, 0.1) is 5.56 Å². The fourth-order valence-electron chi connectivity index (χ4n) is 2.16. The fourth-order valence-corrected chi connectivity index (χ4v) is 2.16. The van der Waals surface area contributed by atoms with E-state index >= 15 is 0 Å². The van der Waals surface area contributed by atoms with E-state index in [0.717, 1.165) is 43.6 Å². The maximum Gasteiger partial charge on any atom is 0.416 e. The van der Waals surface area contributed by atoms with Crippen molar-refractivity contribution in [2.45, 2.75) is 19.0 Å². The third-order valence-corrected chi connectivity index (χ3v) is 3.14. The number of benzene rings is 1. The lowest BCUT2D eigenvalue weighted by Gasteiger charge is -2.13. The molecular formula is C12H15F3N2. The second-order valence-corrected chi connectivity index (χ2v) is 4.47. The summed E-state index contributed by atoms with van der Waals surface area (Å²) < 4.78 is 37.3. The third kappa shape index (κ3) is 2.91. The Morgan fingerprint density at radius 3 is 2.65 bits per heavy atom. The molecule has 0 saturated carbocycles. The number of nitrogens with two attached hydrogens (primary N) is 1. The van der Waals surface area contributed by atoms with Gasteiger partial charge in [0.25, 0.3) is 0 Å². The molecule has 5 heteroatoms. The van der Waals surface area contributed by atoms with Gasteiger partial charge < -0.3 is 11.1 Å². The third-order valence-electron chi connectivity index (χ3n) is 3.14. The number of halogens is 3. The van der Waals surface area contributed by atoms with Crippen molar-refractivity contribution < 1.29 is 13.2 Å². The topological polar surface area (TPSA) is 38.0 Å². The summed E-state index contributed by atoms with van der Waals surface area (Å²) in [7, 11) is 0. The lowest BCUT2D eigenvalue weighted by Crippen LogP contribution is -2.12. The van der Waals surface area contributed by atoms with Crippen LogP contribution >= 0.6 is 0 Å². The van der Waals surface area contributed by atoms with Crippen molar-refractivity contribution in [3.8, 4) is 0 Å². The van der Waals surface area contributed by atoms with Gasteiger partial charge in [-0.25, -0.2) is 0 Å². The van der Waals surface area contributed by atoms with Gasteiger partial charge in [-0.05, 0) is 49.5 Å². The van der Waals surface area contributed by atoms with Gasteiger partial charge in [-0.15, -0.1) is 0 Å². The molecule has 0 bridgehead atoms. The Bertz CT molecular complexity index is 395. The van der Waals surface area contributed by atoms with Crippen molar-refractivity contribution in [2.24, 2.45) is 5.92 Å². The zero-order chi connectivity index (χ0) is 12.5. The van der Waals surface area contributed by atoms with E-state index in [4.69, 9.17) is 5.73 Å². The Balaban J connectivity index is 2.14. The Labute approximate surface area is 98.0 Å². The first kappa shape index (κ1) is 12.2. The van der Waals surface area contributed by atoms with E-state index in [1.54, 1.807) is 0 Å². The van der Waals surface area contributed by atoms with E-state index in [2.05, 4.69) is 5.32 Å². The highest BCUT2D eigenvalue weighted by Crippen LogP contribution is 2.32. The van der Waals surface area contributed by atoms with Crippen LogP contribution in [0.5, 0.6) is 0 Å². The zero-order valence-corrected chi connectivity index (χ0v) is 9.35. The molecular weight excluding hydrogens is 229 g/mol. The van der Waals surface area contributed by atoms with E-state index in [0.29, 0.717) is 5.92 Å². The lowest BCUT2D eigenvalue weighted by atomic mass is 9.96. The smallest absolute Gasteiger partial charge is 0.398 e. The first-order valence-corrected chi connectivity index (χ1v) is 5.63. The number of nitrogens with one attached hydrogen (secondary N) is 1. The minimum absolute atomic E-state index is 0.242. The molecule has 1 atom stereocenters. The monoisotopic (exact) mass is 244 g/mol. The minimum atomic E-state index is -4.32. The SMILES string of the molecule is Nc1cc(C(F)(F)F)ccc1CC1CCNC1. The average molecular weight is 244 g/mol. The van der Waals surface area contributed by atoms with Crippen molar-refractivity contribution in [1.29, 1.82) is 0 Å². The molecule has 0 spiro atoms. The second-order valence-electron chi connectivity index (χ2n) is 4.47. The molecule has 0 aliphatic carbocycles. The van der Waals surface area contributed by atoms with Gasteiger partial charge in [0.2, 0.25) is 0 Å². The molecule has 1 aromatic carbocycles. The van der Waals surface area contributed by atoms with Crippen LogP contribution in [0.3, 0.4) is 0 Å². The average Bonchev–Trinajstić information content (AvgIpc) is 2.72. The highest BCUT2D eigenvalue weighted by molar-refractivity contribution is 5.50. The summed E-state index contributed by atoms with van der Waals surface area (Å²) in [6.07, 6.45) is -2.51. The van der Waals surface area contributed by atoms with Crippen LogP contribution in [0, 0.1) is 5.92 Å². The molecule has 1 aromatic rings. The quantitative estimate of drug-likeness (QED) is 0.784. The summed E-state index contributed by atoms with van der Waals surface area (Å²) in [5.41, 5.74) is 6.05. The summed E-state index contributed by atoms with van der Waals surface area (Å²) >= 11 is 0. The van der Waals surface area contributed by atoms with Crippen LogP contribution in [0.1, 0.15) is 17.5 Å². The van der Waals surface area contributed by atoms with Crippen LogP contribution in [0.25, 0.3) is 0 Å². The molecule has 3 N–H and O–H groups in total. The van der Waals surface area contributed by atoms with Gasteiger partial charge >= 0.3 is 6.18 Å². The summed E-state index contributed by atoms with van der Waals surface area (Å²) in [4.78, 5) is 0. The van der Waals surface area contributed by atoms with Crippen molar-refractivity contribution in [1.82, 2.24) is 5.32 Å². The number of nitrogen functional groups attached to an aromatic ring is 1. The summed E-state index contributed by atoms with van der Waals surface area (Å²) in [5.74, 6) is 0.481. The van der Waals surface area contributed by atoms with E-state index in [1.165, 1.54) is 6.07 Å². The second kappa shape index (κ2) is 4.56. The molecule has 0 radical (unpaired) electrons. The molecule has 2 rings (SSSR count). The van der Waals surface area contributed by atoms with Crippen LogP contribution in [0.2, 0.25) is 0 Å². The van der Waals surface area contributed by atoms with E-state index in [9.17, 15) is 13.2 Å². The van der Waals surface area contributed by atoms with E-state index in [-0.39, 0.29) is 5.69 Å². The van der Waals surface area contributed by atoms with Gasteiger partial charge in [0.15, 0.2) is 0 Å². The molecule has 1 aliphatic heterocycles. The van der Waals surface area contributed by atoms with Gasteiger partial charge in [0.1, 0.15) is 0 Å². The van der Waals surface area contributed by atoms with E-state index in [1.807, 2.05) is 0 Å². The van der Waals surface area contributed by atoms with Crippen LogP contribution in [0.15, 0.2) is 18.2 Å². The van der Waals surface area contributed by atoms with Crippen LogP contribution in [0.4, 0.5) is 18.9 Å². The molecule has 94 valence electrons. The number of alkyl halides is 3. The van der Waals surface area contributed by atoms with Gasteiger partial charge in [-0.1, -0.05) is 6.07 Å². The Morgan fingerprint density at radius 2 is 2.12 bits per heavy atom. The highest BCUT2D eigenvalue weighted by Gasteiger charge is 2.30. The van der Waals surface area contributed by atoms with Gasteiger partial charge in [0, 0.05) is 5.69 Å². The minimum Gasteiger partial charge on any atom is -0.398 e. The summed E-state index contributed by atoms with van der Waals surface area (Å²) in [6.45, 7) is 1.89. The number of hydrogen-bond donors (Lipinski definition) is 2. The van der Waals surface area contributed by atoms with Crippen LogP contribution < -0.4 is 11.1 Å². The standard InChI is InChI=1S/C12H15F3N2/c13-12(14,15)10-2-1-9(11(16)6-10)5-8-3-4-17-7-8/h1-2,6,8,17H,3-5,7,16H2. The highest BCUT2D eigenvalue weighted by atomic mass is 19.4. The maximum atomic E-state index is 12.4. The van der Waals surface area contributed by atoms with E-state index < -0.39 is 11.7 Å². The largest absolute Gasteiger partial charge is 0.416 e. The Morgan fingerprint density at radius 1 is 1.35 bits per heavy atom. The first-order chi connectivity index (χ1) is 7.97. The molecule has 2 nitrogen and oxygen atoms in total. The molecule has 0 aromatic heterocycles. The normalized spacial score (nSPS) is 20.8. The Kier molecular flexibility index (Phi) is 3.28. The predicted molar refractivity (Wildman–Crippen MR) is 60.5 cm³/mol. The molecule has 1 unspecified atom stereocenters. The maximum absolute atomic E-state index is 12.4. The van der Waals surface area contributed by atoms with Gasteiger partial charge in [-0.2, -0.15) is 13.2 Å². The van der Waals surface area contributed by atoms with Crippen molar-refractivity contribution in [3.05, 3.63) is 29.3 Å². The molecule has 1 aliphatic rings. The molecule has 1 saturated heterocycles. The number of anilines is 1. The summed E-state index contributed by atoms with van der Waals surface area (Å²) in [5, 5.41) is 3.23. The fraction of sp³-hybridized carbons (Fsp3) is 0.500. The summed E-state index contributed by atoms with van der Waals surface area (Å²) in [6, 6.07) is 3.63. The predicted octanol–water partition coefficient (Wildman–Crippen LogP) is 2.44. The molecule has 1 fully saturated rings. The molecule has 17 heavy (non-hydrogen) atoms. The molecule has 0 amide bonds. The zero-order valence-electron chi connectivity index (χ0n) is 9.35. The van der Waals surface area contributed by atoms with Crippen LogP contribution in [-0.4, -0.2) is 13.1 Å². The van der Waals surface area contributed by atoms with Crippen molar-refractivity contribution >= 4 is 5.69 Å². The lowest BCUT2D eigenvalue weighted by molar-refractivity contribution is -0.137. The number of rotatable bonds is 2.